The standard InChI is InChI=1S/C21H21N3O/c1-21(2)11-16-18(17(25)12-21)19(14-7-4-3-5-8-14)24-20(23-16)15-9-6-10-22-13-15/h3-10,13,19H,11-12H2,1-2H3,(H,23,24)/t19-/m0/s1. The van der Waals surface area contributed by atoms with Crippen molar-refractivity contribution in [2.24, 2.45) is 10.4 Å². The number of ketones is 1. The number of Topliss-reactive ketones (excluding diaryl/α,β-unsaturated/α-hetero) is 1. The third-order valence-electron chi connectivity index (χ3n) is 4.77. The first-order chi connectivity index (χ1) is 12.0. The van der Waals surface area contributed by atoms with Gasteiger partial charge < -0.3 is 5.32 Å². The molecule has 4 heteroatoms. The maximum Gasteiger partial charge on any atom is 0.163 e. The lowest BCUT2D eigenvalue weighted by molar-refractivity contribution is -0.118. The van der Waals surface area contributed by atoms with Crippen molar-refractivity contribution in [3.63, 3.8) is 0 Å². The van der Waals surface area contributed by atoms with Gasteiger partial charge in [-0.2, -0.15) is 0 Å². The fourth-order valence-electron chi connectivity index (χ4n) is 3.66. The zero-order valence-electron chi connectivity index (χ0n) is 14.5. The molecular formula is C21H21N3O. The summed E-state index contributed by atoms with van der Waals surface area (Å²) in [5.74, 6) is 0.979. The topological polar surface area (TPSA) is 54.4 Å². The molecule has 25 heavy (non-hydrogen) atoms. The second kappa shape index (κ2) is 5.96. The van der Waals surface area contributed by atoms with Gasteiger partial charge in [0.25, 0.3) is 0 Å². The quantitative estimate of drug-likeness (QED) is 0.910. The van der Waals surface area contributed by atoms with Crippen molar-refractivity contribution >= 4 is 11.6 Å². The van der Waals surface area contributed by atoms with E-state index in [1.54, 1.807) is 12.4 Å². The molecule has 0 saturated heterocycles. The molecule has 0 fully saturated rings. The SMILES string of the molecule is CC1(C)CC(=O)C2=C(C1)NC(c1cccnc1)=N[C@H]2c1ccccc1. The van der Waals surface area contributed by atoms with Gasteiger partial charge in [0.05, 0.1) is 0 Å². The van der Waals surface area contributed by atoms with Crippen LogP contribution in [0.4, 0.5) is 0 Å². The Balaban J connectivity index is 1.84. The van der Waals surface area contributed by atoms with Crippen LogP contribution in [0.3, 0.4) is 0 Å². The summed E-state index contributed by atoms with van der Waals surface area (Å²) in [6, 6.07) is 13.7. The molecule has 1 aromatic carbocycles. The number of pyridine rings is 1. The van der Waals surface area contributed by atoms with Crippen molar-refractivity contribution in [2.45, 2.75) is 32.7 Å². The van der Waals surface area contributed by atoms with Gasteiger partial charge in [-0.15, -0.1) is 0 Å². The van der Waals surface area contributed by atoms with Gasteiger partial charge in [0.15, 0.2) is 5.78 Å². The zero-order valence-corrected chi connectivity index (χ0v) is 14.5. The predicted octanol–water partition coefficient (Wildman–Crippen LogP) is 3.82. The van der Waals surface area contributed by atoms with Crippen molar-refractivity contribution in [3.05, 3.63) is 77.3 Å². The van der Waals surface area contributed by atoms with Crippen molar-refractivity contribution in [3.8, 4) is 0 Å². The number of aromatic nitrogens is 1. The number of hydrogen-bond donors (Lipinski definition) is 1. The molecule has 2 aromatic rings. The van der Waals surface area contributed by atoms with Crippen LogP contribution in [0, 0.1) is 5.41 Å². The van der Waals surface area contributed by atoms with E-state index in [0.717, 1.165) is 34.7 Å². The molecule has 0 spiro atoms. The van der Waals surface area contributed by atoms with Crippen molar-refractivity contribution in [1.29, 1.82) is 0 Å². The maximum atomic E-state index is 12.9. The van der Waals surface area contributed by atoms with Crippen LogP contribution in [0.25, 0.3) is 0 Å². The lowest BCUT2D eigenvalue weighted by atomic mass is 9.73. The second-order valence-electron chi connectivity index (χ2n) is 7.49. The van der Waals surface area contributed by atoms with Gasteiger partial charge >= 0.3 is 0 Å². The van der Waals surface area contributed by atoms with E-state index in [9.17, 15) is 4.79 Å². The molecule has 0 unspecified atom stereocenters. The summed E-state index contributed by atoms with van der Waals surface area (Å²) < 4.78 is 0. The highest BCUT2D eigenvalue weighted by atomic mass is 16.1. The number of hydrogen-bond acceptors (Lipinski definition) is 4. The predicted molar refractivity (Wildman–Crippen MR) is 98.1 cm³/mol. The molecule has 1 aromatic heterocycles. The molecule has 0 saturated carbocycles. The average molecular weight is 331 g/mol. The summed E-state index contributed by atoms with van der Waals surface area (Å²) >= 11 is 0. The van der Waals surface area contributed by atoms with Crippen LogP contribution >= 0.6 is 0 Å². The van der Waals surface area contributed by atoms with E-state index in [1.807, 2.05) is 42.5 Å². The molecule has 1 atom stereocenters. The van der Waals surface area contributed by atoms with E-state index in [0.29, 0.717) is 6.42 Å². The number of rotatable bonds is 2. The number of carbonyl (C=O) groups is 1. The lowest BCUT2D eigenvalue weighted by Crippen LogP contribution is -2.39. The van der Waals surface area contributed by atoms with Gasteiger partial charge in [-0.3, -0.25) is 14.8 Å². The fraction of sp³-hybridized carbons (Fsp3) is 0.286. The van der Waals surface area contributed by atoms with Gasteiger partial charge in [0.2, 0.25) is 0 Å². The molecule has 1 aliphatic carbocycles. The highest BCUT2D eigenvalue weighted by Crippen LogP contribution is 2.43. The zero-order chi connectivity index (χ0) is 17.4. The molecule has 4 rings (SSSR count). The molecule has 2 aliphatic rings. The van der Waals surface area contributed by atoms with Gasteiger partial charge in [-0.1, -0.05) is 44.2 Å². The first-order valence-corrected chi connectivity index (χ1v) is 8.60. The molecule has 0 bridgehead atoms. The lowest BCUT2D eigenvalue weighted by Gasteiger charge is -2.37. The smallest absolute Gasteiger partial charge is 0.163 e. The van der Waals surface area contributed by atoms with Gasteiger partial charge in [-0.25, -0.2) is 0 Å². The molecule has 1 aliphatic heterocycles. The van der Waals surface area contributed by atoms with Crippen LogP contribution in [-0.4, -0.2) is 16.6 Å². The van der Waals surface area contributed by atoms with E-state index in [1.165, 1.54) is 0 Å². The average Bonchev–Trinajstić information content (AvgIpc) is 2.61. The van der Waals surface area contributed by atoms with Gasteiger partial charge in [-0.05, 0) is 29.5 Å². The molecule has 0 amide bonds. The number of amidine groups is 1. The summed E-state index contributed by atoms with van der Waals surface area (Å²) in [5, 5.41) is 3.43. The Labute approximate surface area is 147 Å². The third kappa shape index (κ3) is 3.00. The highest BCUT2D eigenvalue weighted by Gasteiger charge is 2.39. The molecule has 0 radical (unpaired) electrons. The Bertz CT molecular complexity index is 867. The van der Waals surface area contributed by atoms with E-state index < -0.39 is 0 Å². The summed E-state index contributed by atoms with van der Waals surface area (Å²) in [7, 11) is 0. The fourth-order valence-corrected chi connectivity index (χ4v) is 3.66. The largest absolute Gasteiger partial charge is 0.343 e. The van der Waals surface area contributed by atoms with Crippen LogP contribution in [0.15, 0.2) is 71.1 Å². The molecule has 1 N–H and O–H groups in total. The number of aliphatic imine (C=N–C) groups is 1. The van der Waals surface area contributed by atoms with Gasteiger partial charge in [0, 0.05) is 35.6 Å². The third-order valence-corrected chi connectivity index (χ3v) is 4.77. The van der Waals surface area contributed by atoms with Crippen molar-refractivity contribution < 1.29 is 4.79 Å². The number of carbonyl (C=O) groups excluding carboxylic acids is 1. The number of nitrogens with zero attached hydrogens (tertiary/aromatic N) is 2. The Kier molecular flexibility index (Phi) is 3.75. The van der Waals surface area contributed by atoms with Crippen LogP contribution < -0.4 is 5.32 Å². The van der Waals surface area contributed by atoms with E-state index in [2.05, 4.69) is 24.1 Å². The summed E-state index contributed by atoms with van der Waals surface area (Å²) in [4.78, 5) is 22.0. The highest BCUT2D eigenvalue weighted by molar-refractivity contribution is 6.06. The molecule has 126 valence electrons. The van der Waals surface area contributed by atoms with Crippen LogP contribution in [0.2, 0.25) is 0 Å². The van der Waals surface area contributed by atoms with E-state index in [-0.39, 0.29) is 17.2 Å². The normalized spacial score (nSPS) is 22.1. The monoisotopic (exact) mass is 331 g/mol. The molecule has 4 nitrogen and oxygen atoms in total. The first-order valence-electron chi connectivity index (χ1n) is 8.60. The Hall–Kier alpha value is -2.75. The Morgan fingerprint density at radius 1 is 1.08 bits per heavy atom. The Morgan fingerprint density at radius 2 is 1.88 bits per heavy atom. The summed E-state index contributed by atoms with van der Waals surface area (Å²) in [5.41, 5.74) is 3.76. The summed E-state index contributed by atoms with van der Waals surface area (Å²) in [6.45, 7) is 4.28. The maximum absolute atomic E-state index is 12.9. The molecular weight excluding hydrogens is 310 g/mol. The van der Waals surface area contributed by atoms with Crippen LogP contribution in [0.5, 0.6) is 0 Å². The van der Waals surface area contributed by atoms with Crippen LogP contribution in [0.1, 0.15) is 43.9 Å². The molecule has 2 heterocycles. The van der Waals surface area contributed by atoms with E-state index >= 15 is 0 Å². The number of benzene rings is 1. The van der Waals surface area contributed by atoms with Crippen LogP contribution in [-0.2, 0) is 4.79 Å². The van der Waals surface area contributed by atoms with Crippen molar-refractivity contribution in [1.82, 2.24) is 10.3 Å². The van der Waals surface area contributed by atoms with Gasteiger partial charge in [0.1, 0.15) is 11.9 Å². The minimum atomic E-state index is -0.253. The number of nitrogens with one attached hydrogen (secondary N) is 1. The van der Waals surface area contributed by atoms with E-state index in [4.69, 9.17) is 4.99 Å². The minimum absolute atomic E-state index is 0.0401. The number of allylic oxidation sites excluding steroid dienone is 1. The second-order valence-corrected chi connectivity index (χ2v) is 7.49. The Morgan fingerprint density at radius 3 is 2.60 bits per heavy atom. The summed E-state index contributed by atoms with van der Waals surface area (Å²) in [6.07, 6.45) is 4.96. The minimum Gasteiger partial charge on any atom is -0.343 e. The van der Waals surface area contributed by atoms with Crippen molar-refractivity contribution in [2.75, 3.05) is 0 Å². The first kappa shape index (κ1) is 15.8.